The van der Waals surface area contributed by atoms with Gasteiger partial charge >= 0.3 is 5.97 Å². The Bertz CT molecular complexity index is 700. The third kappa shape index (κ3) is 6.11. The van der Waals surface area contributed by atoms with Crippen LogP contribution in [0.25, 0.3) is 0 Å². The van der Waals surface area contributed by atoms with Crippen molar-refractivity contribution in [1.29, 1.82) is 0 Å². The summed E-state index contributed by atoms with van der Waals surface area (Å²) in [7, 11) is 0.883. The molecule has 140 valence electrons. The van der Waals surface area contributed by atoms with Gasteiger partial charge in [0.2, 0.25) is 10.0 Å². The van der Waals surface area contributed by atoms with Gasteiger partial charge in [0.1, 0.15) is 0 Å². The standard InChI is InChI=1S/C16H24N2O6S/c1-11(10-23-5)17-25(21,22)14-8-6-13(7-9-14)16(20)24-12(2)15(19)18(3)4/h6-9,11-12,17H,10H2,1-5H3/t11-,12-/m1/s1. The first-order valence-corrected chi connectivity index (χ1v) is 9.10. The lowest BCUT2D eigenvalue weighted by Gasteiger charge is -2.17. The molecule has 0 bridgehead atoms. The van der Waals surface area contributed by atoms with Crippen LogP contribution in [0, 0.1) is 0 Å². The molecule has 0 radical (unpaired) electrons. The van der Waals surface area contributed by atoms with Crippen LogP contribution < -0.4 is 4.72 Å². The van der Waals surface area contributed by atoms with Gasteiger partial charge in [-0.25, -0.2) is 17.9 Å². The van der Waals surface area contributed by atoms with E-state index in [4.69, 9.17) is 9.47 Å². The van der Waals surface area contributed by atoms with E-state index in [0.29, 0.717) is 0 Å². The molecule has 0 aromatic heterocycles. The summed E-state index contributed by atoms with van der Waals surface area (Å²) in [4.78, 5) is 25.1. The maximum absolute atomic E-state index is 12.2. The van der Waals surface area contributed by atoms with Crippen molar-refractivity contribution in [2.24, 2.45) is 0 Å². The van der Waals surface area contributed by atoms with Crippen LogP contribution in [-0.4, -0.2) is 65.2 Å². The number of carbonyl (C=O) groups excluding carboxylic acids is 2. The molecule has 0 aliphatic carbocycles. The van der Waals surface area contributed by atoms with E-state index in [0.717, 1.165) is 0 Å². The summed E-state index contributed by atoms with van der Waals surface area (Å²) in [5.74, 6) is -1.05. The second-order valence-electron chi connectivity index (χ2n) is 5.78. The Balaban J connectivity index is 2.82. The largest absolute Gasteiger partial charge is 0.449 e. The molecule has 25 heavy (non-hydrogen) atoms. The van der Waals surface area contributed by atoms with Crippen molar-refractivity contribution in [3.05, 3.63) is 29.8 Å². The highest BCUT2D eigenvalue weighted by atomic mass is 32.2. The summed E-state index contributed by atoms with van der Waals surface area (Å²) in [6.45, 7) is 3.39. The third-order valence-electron chi connectivity index (χ3n) is 3.25. The predicted octanol–water partition coefficient (Wildman–Crippen LogP) is 0.633. The number of hydrogen-bond acceptors (Lipinski definition) is 6. The quantitative estimate of drug-likeness (QED) is 0.672. The Labute approximate surface area is 148 Å². The summed E-state index contributed by atoms with van der Waals surface area (Å²) in [6.07, 6.45) is -0.928. The van der Waals surface area contributed by atoms with E-state index >= 15 is 0 Å². The van der Waals surface area contributed by atoms with E-state index in [-0.39, 0.29) is 23.0 Å². The molecule has 2 atom stereocenters. The highest BCUT2D eigenvalue weighted by Crippen LogP contribution is 2.13. The number of nitrogens with zero attached hydrogens (tertiary/aromatic N) is 1. The van der Waals surface area contributed by atoms with Crippen LogP contribution >= 0.6 is 0 Å². The summed E-state index contributed by atoms with van der Waals surface area (Å²) in [5.41, 5.74) is 0.155. The lowest BCUT2D eigenvalue weighted by atomic mass is 10.2. The molecule has 1 aromatic rings. The van der Waals surface area contributed by atoms with Gasteiger partial charge in [-0.05, 0) is 38.1 Å². The zero-order valence-electron chi connectivity index (χ0n) is 15.0. The first kappa shape index (κ1) is 21.1. The molecular formula is C16H24N2O6S. The number of amides is 1. The molecule has 1 rings (SSSR count). The summed E-state index contributed by atoms with van der Waals surface area (Å²) in [6, 6.07) is 4.89. The minimum absolute atomic E-state index is 0.0180. The summed E-state index contributed by atoms with van der Waals surface area (Å²) >= 11 is 0. The van der Waals surface area contributed by atoms with Crippen LogP contribution in [0.15, 0.2) is 29.2 Å². The van der Waals surface area contributed by atoms with Crippen LogP contribution in [0.5, 0.6) is 0 Å². The zero-order valence-corrected chi connectivity index (χ0v) is 15.8. The van der Waals surface area contributed by atoms with E-state index in [1.165, 1.54) is 43.2 Å². The number of sulfonamides is 1. The Hall–Kier alpha value is -1.97. The first-order chi connectivity index (χ1) is 11.6. The molecule has 1 aromatic carbocycles. The number of esters is 1. The molecule has 0 aliphatic heterocycles. The second kappa shape index (κ2) is 8.93. The van der Waals surface area contributed by atoms with Crippen LogP contribution in [0.1, 0.15) is 24.2 Å². The number of methoxy groups -OCH3 is 1. The van der Waals surface area contributed by atoms with Crippen molar-refractivity contribution in [3.8, 4) is 0 Å². The minimum Gasteiger partial charge on any atom is -0.449 e. The van der Waals surface area contributed by atoms with Crippen molar-refractivity contribution < 1.29 is 27.5 Å². The number of ether oxygens (including phenoxy) is 2. The van der Waals surface area contributed by atoms with Crippen molar-refractivity contribution >= 4 is 21.9 Å². The van der Waals surface area contributed by atoms with Crippen molar-refractivity contribution in [2.75, 3.05) is 27.8 Å². The van der Waals surface area contributed by atoms with Gasteiger partial charge in [0.25, 0.3) is 5.91 Å². The van der Waals surface area contributed by atoms with Gasteiger partial charge in [-0.1, -0.05) is 0 Å². The topological polar surface area (TPSA) is 102 Å². The molecule has 0 heterocycles. The van der Waals surface area contributed by atoms with Gasteiger partial charge in [0, 0.05) is 27.2 Å². The monoisotopic (exact) mass is 372 g/mol. The number of likely N-dealkylation sites (N-methyl/N-ethyl adjacent to an activating group) is 1. The molecule has 0 aliphatic rings. The molecule has 0 unspecified atom stereocenters. The van der Waals surface area contributed by atoms with E-state index < -0.39 is 28.1 Å². The van der Waals surface area contributed by atoms with Crippen LogP contribution in [0.3, 0.4) is 0 Å². The van der Waals surface area contributed by atoms with E-state index in [1.54, 1.807) is 21.0 Å². The molecule has 1 amide bonds. The molecule has 0 saturated carbocycles. The van der Waals surface area contributed by atoms with Gasteiger partial charge < -0.3 is 14.4 Å². The molecule has 0 spiro atoms. The zero-order chi connectivity index (χ0) is 19.2. The fourth-order valence-corrected chi connectivity index (χ4v) is 3.26. The van der Waals surface area contributed by atoms with Gasteiger partial charge in [-0.15, -0.1) is 0 Å². The maximum Gasteiger partial charge on any atom is 0.338 e. The SMILES string of the molecule is COC[C@@H](C)NS(=O)(=O)c1ccc(C(=O)O[C@H](C)C(=O)N(C)C)cc1. The smallest absolute Gasteiger partial charge is 0.338 e. The second-order valence-corrected chi connectivity index (χ2v) is 7.50. The molecule has 8 nitrogen and oxygen atoms in total. The number of nitrogens with one attached hydrogen (secondary N) is 1. The van der Waals surface area contributed by atoms with Gasteiger partial charge in [0.15, 0.2) is 6.10 Å². The number of hydrogen-bond donors (Lipinski definition) is 1. The lowest BCUT2D eigenvalue weighted by molar-refractivity contribution is -0.137. The Morgan fingerprint density at radius 3 is 2.20 bits per heavy atom. The van der Waals surface area contributed by atoms with E-state index in [1.807, 2.05) is 0 Å². The highest BCUT2D eigenvalue weighted by Gasteiger charge is 2.21. The fraction of sp³-hybridized carbons (Fsp3) is 0.500. The average Bonchev–Trinajstić information content (AvgIpc) is 2.53. The van der Waals surface area contributed by atoms with Crippen LogP contribution in [0.2, 0.25) is 0 Å². The van der Waals surface area contributed by atoms with Crippen LogP contribution in [0.4, 0.5) is 0 Å². The Morgan fingerprint density at radius 1 is 1.16 bits per heavy atom. The van der Waals surface area contributed by atoms with Crippen LogP contribution in [-0.2, 0) is 24.3 Å². The number of rotatable bonds is 8. The summed E-state index contributed by atoms with van der Waals surface area (Å²) < 4.78 is 36.8. The molecule has 1 N–H and O–H groups in total. The Morgan fingerprint density at radius 2 is 1.72 bits per heavy atom. The van der Waals surface area contributed by atoms with Gasteiger partial charge in [0.05, 0.1) is 17.1 Å². The molecule has 9 heteroatoms. The summed E-state index contributed by atoms with van der Waals surface area (Å²) in [5, 5.41) is 0. The maximum atomic E-state index is 12.2. The number of benzene rings is 1. The lowest BCUT2D eigenvalue weighted by Crippen LogP contribution is -2.35. The minimum atomic E-state index is -3.71. The molecule has 0 fully saturated rings. The third-order valence-corrected chi connectivity index (χ3v) is 4.85. The Kier molecular flexibility index (Phi) is 7.53. The van der Waals surface area contributed by atoms with Gasteiger partial charge in [-0.3, -0.25) is 4.79 Å². The number of carbonyl (C=O) groups is 2. The van der Waals surface area contributed by atoms with Crippen molar-refractivity contribution in [1.82, 2.24) is 9.62 Å². The van der Waals surface area contributed by atoms with Crippen molar-refractivity contribution in [3.63, 3.8) is 0 Å². The normalized spacial score (nSPS) is 13.8. The predicted molar refractivity (Wildman–Crippen MR) is 91.7 cm³/mol. The van der Waals surface area contributed by atoms with Crippen molar-refractivity contribution in [2.45, 2.75) is 30.9 Å². The fourth-order valence-electron chi connectivity index (χ4n) is 2.03. The van der Waals surface area contributed by atoms with E-state index in [9.17, 15) is 18.0 Å². The van der Waals surface area contributed by atoms with E-state index in [2.05, 4.69) is 4.72 Å². The highest BCUT2D eigenvalue weighted by molar-refractivity contribution is 7.89. The van der Waals surface area contributed by atoms with Gasteiger partial charge in [-0.2, -0.15) is 0 Å². The first-order valence-electron chi connectivity index (χ1n) is 7.62. The molecular weight excluding hydrogens is 348 g/mol. The molecule has 0 saturated heterocycles. The average molecular weight is 372 g/mol.